The highest BCUT2D eigenvalue weighted by Gasteiger charge is 2.22. The second kappa shape index (κ2) is 11.5. The van der Waals surface area contributed by atoms with Gasteiger partial charge in [0.1, 0.15) is 5.75 Å². The summed E-state index contributed by atoms with van der Waals surface area (Å²) in [5.74, 6) is 1.03. The minimum atomic E-state index is -0.109. The molecule has 1 amide bonds. The van der Waals surface area contributed by atoms with Gasteiger partial charge in [0.25, 0.3) is 5.91 Å². The lowest BCUT2D eigenvalue weighted by Gasteiger charge is -2.27. The number of hydrogen-bond donors (Lipinski definition) is 0. The van der Waals surface area contributed by atoms with Gasteiger partial charge in [-0.25, -0.2) is 4.98 Å². The molecule has 1 aliphatic heterocycles. The molecule has 0 radical (unpaired) electrons. The summed E-state index contributed by atoms with van der Waals surface area (Å²) in [6.07, 6.45) is 0.845. The summed E-state index contributed by atoms with van der Waals surface area (Å²) in [5.41, 5.74) is 3.14. The third kappa shape index (κ3) is 6.08. The van der Waals surface area contributed by atoms with Crippen LogP contribution in [0.3, 0.4) is 0 Å². The van der Waals surface area contributed by atoms with E-state index in [2.05, 4.69) is 18.7 Å². The molecule has 0 atom stereocenters. The molecule has 1 aromatic heterocycles. The number of fused-ring (bicyclic) bond motifs is 1. The number of amides is 1. The number of nitrogens with zero attached hydrogens (tertiary/aromatic N) is 3. The van der Waals surface area contributed by atoms with Crippen molar-refractivity contribution in [2.45, 2.75) is 33.1 Å². The molecule has 3 aromatic rings. The largest absolute Gasteiger partial charge is 0.484 e. The van der Waals surface area contributed by atoms with Crippen LogP contribution < -0.4 is 9.64 Å². The van der Waals surface area contributed by atoms with Crippen LogP contribution >= 0.6 is 22.9 Å². The summed E-state index contributed by atoms with van der Waals surface area (Å²) in [5, 5.41) is 1.32. The number of aryl methyl sites for hydroxylation is 1. The van der Waals surface area contributed by atoms with Gasteiger partial charge in [-0.1, -0.05) is 55.0 Å². The van der Waals surface area contributed by atoms with Crippen LogP contribution in [-0.2, 0) is 9.53 Å². The van der Waals surface area contributed by atoms with Gasteiger partial charge in [-0.15, -0.1) is 0 Å². The second-order valence-electron chi connectivity index (χ2n) is 8.90. The van der Waals surface area contributed by atoms with Crippen LogP contribution in [0.1, 0.15) is 37.3 Å². The Hall–Kier alpha value is -2.19. The Balaban J connectivity index is 1.48. The van der Waals surface area contributed by atoms with Gasteiger partial charge in [0.05, 0.1) is 28.5 Å². The third-order valence-corrected chi connectivity index (χ3v) is 7.63. The van der Waals surface area contributed by atoms with Gasteiger partial charge in [-0.2, -0.15) is 0 Å². The van der Waals surface area contributed by atoms with Crippen molar-refractivity contribution in [1.82, 2.24) is 9.88 Å². The normalized spacial score (nSPS) is 14.6. The number of halogens is 1. The lowest BCUT2D eigenvalue weighted by atomic mass is 10.0. The molecule has 0 aliphatic carbocycles. The Labute approximate surface area is 210 Å². The zero-order valence-corrected chi connectivity index (χ0v) is 21.6. The Morgan fingerprint density at radius 2 is 1.94 bits per heavy atom. The standard InChI is InChI=1S/C26H32ClN3O3S/c1-18(2)20-6-8-21(9-7-20)33-17-23(31)30(12-4-11-29-13-15-32-16-14-29)26-28-24-19(3)5-10-22(27)25(24)34-26/h5-10,18H,4,11-17H2,1-3H3. The average Bonchev–Trinajstić information content (AvgIpc) is 3.30. The summed E-state index contributed by atoms with van der Waals surface area (Å²) in [6.45, 7) is 11.2. The second-order valence-corrected chi connectivity index (χ2v) is 10.3. The predicted octanol–water partition coefficient (Wildman–Crippen LogP) is 5.52. The van der Waals surface area contributed by atoms with Crippen LogP contribution in [0.15, 0.2) is 36.4 Å². The monoisotopic (exact) mass is 501 g/mol. The maximum atomic E-state index is 13.3. The van der Waals surface area contributed by atoms with Gasteiger partial charge in [0, 0.05) is 26.2 Å². The average molecular weight is 502 g/mol. The minimum Gasteiger partial charge on any atom is -0.484 e. The molecule has 4 rings (SSSR count). The molecule has 34 heavy (non-hydrogen) atoms. The summed E-state index contributed by atoms with van der Waals surface area (Å²) < 4.78 is 12.2. The Morgan fingerprint density at radius 1 is 1.21 bits per heavy atom. The highest BCUT2D eigenvalue weighted by Crippen LogP contribution is 2.35. The molecule has 0 unspecified atom stereocenters. The summed E-state index contributed by atoms with van der Waals surface area (Å²) in [7, 11) is 0. The first kappa shape index (κ1) is 24.9. The van der Waals surface area contributed by atoms with Crippen molar-refractivity contribution in [3.63, 3.8) is 0 Å². The first-order chi connectivity index (χ1) is 16.4. The fourth-order valence-corrected chi connectivity index (χ4v) is 5.34. The van der Waals surface area contributed by atoms with Crippen LogP contribution in [-0.4, -0.2) is 61.8 Å². The fraction of sp³-hybridized carbons (Fsp3) is 0.462. The van der Waals surface area contributed by atoms with Crippen molar-refractivity contribution >= 4 is 44.2 Å². The lowest BCUT2D eigenvalue weighted by molar-refractivity contribution is -0.120. The van der Waals surface area contributed by atoms with E-state index in [-0.39, 0.29) is 12.5 Å². The van der Waals surface area contributed by atoms with Gasteiger partial charge < -0.3 is 9.47 Å². The number of carbonyl (C=O) groups is 1. The summed E-state index contributed by atoms with van der Waals surface area (Å²) in [4.78, 5) is 22.2. The van der Waals surface area contributed by atoms with Crippen LogP contribution in [0.2, 0.25) is 5.02 Å². The molecule has 0 N–H and O–H groups in total. The zero-order valence-electron chi connectivity index (χ0n) is 20.1. The maximum absolute atomic E-state index is 13.3. The molecule has 2 aromatic carbocycles. The quantitative estimate of drug-likeness (QED) is 0.386. The van der Waals surface area contributed by atoms with Gasteiger partial charge in [-0.3, -0.25) is 14.6 Å². The first-order valence-electron chi connectivity index (χ1n) is 11.8. The molecule has 1 saturated heterocycles. The molecule has 8 heteroatoms. The van der Waals surface area contributed by atoms with Gasteiger partial charge in [0.2, 0.25) is 0 Å². The van der Waals surface area contributed by atoms with E-state index in [0.29, 0.717) is 28.4 Å². The first-order valence-corrected chi connectivity index (χ1v) is 13.0. The van der Waals surface area contributed by atoms with Gasteiger partial charge in [-0.05, 0) is 48.6 Å². The number of ether oxygens (including phenoxy) is 2. The molecule has 182 valence electrons. The summed E-state index contributed by atoms with van der Waals surface area (Å²) in [6, 6.07) is 11.8. The van der Waals surface area contributed by atoms with Crippen LogP contribution in [0.4, 0.5) is 5.13 Å². The number of hydrogen-bond acceptors (Lipinski definition) is 6. The molecule has 6 nitrogen and oxygen atoms in total. The van der Waals surface area contributed by atoms with Crippen molar-refractivity contribution in [2.75, 3.05) is 50.9 Å². The van der Waals surface area contributed by atoms with E-state index in [1.54, 1.807) is 4.90 Å². The number of carbonyl (C=O) groups excluding carboxylic acids is 1. The number of morpholine rings is 1. The number of rotatable bonds is 9. The van der Waals surface area contributed by atoms with E-state index in [1.165, 1.54) is 16.9 Å². The summed E-state index contributed by atoms with van der Waals surface area (Å²) >= 11 is 7.89. The van der Waals surface area contributed by atoms with E-state index < -0.39 is 0 Å². The van der Waals surface area contributed by atoms with E-state index >= 15 is 0 Å². The van der Waals surface area contributed by atoms with E-state index in [9.17, 15) is 4.79 Å². The zero-order chi connectivity index (χ0) is 24.1. The molecule has 0 bridgehead atoms. The Kier molecular flexibility index (Phi) is 8.42. The maximum Gasteiger partial charge on any atom is 0.266 e. The highest BCUT2D eigenvalue weighted by atomic mass is 35.5. The topological polar surface area (TPSA) is 54.9 Å². The number of benzene rings is 2. The number of aromatic nitrogens is 1. The van der Waals surface area contributed by atoms with Crippen molar-refractivity contribution in [3.05, 3.63) is 52.5 Å². The number of thiazole rings is 1. The van der Waals surface area contributed by atoms with Gasteiger partial charge >= 0.3 is 0 Å². The molecule has 1 aliphatic rings. The SMILES string of the molecule is Cc1ccc(Cl)c2sc(N(CCCN3CCOCC3)C(=O)COc3ccc(C(C)C)cc3)nc12. The fourth-order valence-electron chi connectivity index (χ4n) is 3.98. The molecule has 0 spiro atoms. The van der Waals surface area contributed by atoms with E-state index in [1.807, 2.05) is 43.3 Å². The van der Waals surface area contributed by atoms with Crippen molar-refractivity contribution in [1.29, 1.82) is 0 Å². The molecule has 2 heterocycles. The van der Waals surface area contributed by atoms with Crippen molar-refractivity contribution in [3.8, 4) is 5.75 Å². The van der Waals surface area contributed by atoms with Crippen LogP contribution in [0.25, 0.3) is 10.2 Å². The van der Waals surface area contributed by atoms with Crippen LogP contribution in [0, 0.1) is 6.92 Å². The van der Waals surface area contributed by atoms with E-state index in [4.69, 9.17) is 26.1 Å². The van der Waals surface area contributed by atoms with Crippen molar-refractivity contribution < 1.29 is 14.3 Å². The van der Waals surface area contributed by atoms with Crippen LogP contribution in [0.5, 0.6) is 5.75 Å². The van der Waals surface area contributed by atoms with Crippen molar-refractivity contribution in [2.24, 2.45) is 0 Å². The lowest BCUT2D eigenvalue weighted by Crippen LogP contribution is -2.40. The Bertz CT molecular complexity index is 1070. The third-order valence-electron chi connectivity index (χ3n) is 6.09. The van der Waals surface area contributed by atoms with E-state index in [0.717, 1.165) is 55.0 Å². The molecule has 0 saturated carbocycles. The predicted molar refractivity (Wildman–Crippen MR) is 140 cm³/mol. The molecular formula is C26H32ClN3O3S. The Morgan fingerprint density at radius 3 is 2.62 bits per heavy atom. The minimum absolute atomic E-state index is 0.0405. The smallest absolute Gasteiger partial charge is 0.266 e. The molecular weight excluding hydrogens is 470 g/mol. The van der Waals surface area contributed by atoms with Gasteiger partial charge in [0.15, 0.2) is 11.7 Å². The molecule has 1 fully saturated rings. The highest BCUT2D eigenvalue weighted by molar-refractivity contribution is 7.23. The number of anilines is 1.